The smallest absolute Gasteiger partial charge is 0.312 e. The molecule has 0 bridgehead atoms. The number of carbonyl (C=O) groups excluding carboxylic acids is 2. The molecule has 0 saturated carbocycles. The van der Waals surface area contributed by atoms with E-state index in [1.54, 1.807) is 11.8 Å². The van der Waals surface area contributed by atoms with E-state index in [0.29, 0.717) is 32.7 Å². The van der Waals surface area contributed by atoms with Crippen molar-refractivity contribution in [3.63, 3.8) is 0 Å². The van der Waals surface area contributed by atoms with Crippen LogP contribution in [-0.4, -0.2) is 65.6 Å². The molecule has 2 rings (SSSR count). The number of piperazine rings is 1. The van der Waals surface area contributed by atoms with Gasteiger partial charge in [0.2, 0.25) is 5.91 Å². The van der Waals surface area contributed by atoms with Crippen LogP contribution in [0.25, 0.3) is 0 Å². The van der Waals surface area contributed by atoms with Crippen LogP contribution in [0, 0.1) is 0 Å². The molecule has 0 radical (unpaired) electrons. The summed E-state index contributed by atoms with van der Waals surface area (Å²) < 4.78 is 0. The van der Waals surface area contributed by atoms with E-state index in [-0.39, 0.29) is 5.91 Å². The van der Waals surface area contributed by atoms with Gasteiger partial charge in [0.15, 0.2) is 0 Å². The quantitative estimate of drug-likeness (QED) is 0.707. The molecule has 1 aliphatic rings. The molecule has 0 aliphatic carbocycles. The zero-order valence-corrected chi connectivity index (χ0v) is 13.3. The zero-order valence-electron chi connectivity index (χ0n) is 13.3. The SMILES string of the molecule is C[C@H](NC(N)=O)C(=O)N1CCN(C[C@H](O)c2ccccc2)CC1. The van der Waals surface area contributed by atoms with Gasteiger partial charge in [-0.3, -0.25) is 9.69 Å². The highest BCUT2D eigenvalue weighted by Crippen LogP contribution is 2.15. The van der Waals surface area contributed by atoms with Crippen LogP contribution in [0.3, 0.4) is 0 Å². The van der Waals surface area contributed by atoms with Crippen molar-refractivity contribution in [2.45, 2.75) is 19.1 Å². The Balaban J connectivity index is 1.79. The number of aliphatic hydroxyl groups is 1. The van der Waals surface area contributed by atoms with Crippen LogP contribution in [0.1, 0.15) is 18.6 Å². The van der Waals surface area contributed by atoms with E-state index < -0.39 is 18.2 Å². The third-order valence-corrected chi connectivity index (χ3v) is 4.03. The maximum absolute atomic E-state index is 12.2. The van der Waals surface area contributed by atoms with Gasteiger partial charge in [0, 0.05) is 32.7 Å². The van der Waals surface area contributed by atoms with Gasteiger partial charge in [0.1, 0.15) is 6.04 Å². The first kappa shape index (κ1) is 17.2. The Bertz CT molecular complexity index is 529. The van der Waals surface area contributed by atoms with Gasteiger partial charge >= 0.3 is 6.03 Å². The number of carbonyl (C=O) groups is 2. The van der Waals surface area contributed by atoms with Crippen molar-refractivity contribution in [2.24, 2.45) is 5.73 Å². The van der Waals surface area contributed by atoms with Crippen molar-refractivity contribution in [1.29, 1.82) is 0 Å². The highest BCUT2D eigenvalue weighted by molar-refractivity contribution is 5.86. The van der Waals surface area contributed by atoms with Crippen molar-refractivity contribution in [1.82, 2.24) is 15.1 Å². The maximum atomic E-state index is 12.2. The highest BCUT2D eigenvalue weighted by atomic mass is 16.3. The number of urea groups is 1. The fourth-order valence-corrected chi connectivity index (χ4v) is 2.72. The molecule has 1 aromatic rings. The molecule has 23 heavy (non-hydrogen) atoms. The van der Waals surface area contributed by atoms with Gasteiger partial charge in [-0.1, -0.05) is 30.3 Å². The Hall–Kier alpha value is -2.12. The molecular formula is C16H24N4O3. The molecule has 0 unspecified atom stereocenters. The molecule has 1 aromatic carbocycles. The van der Waals surface area contributed by atoms with Gasteiger partial charge in [0.05, 0.1) is 6.10 Å². The minimum atomic E-state index is -0.699. The standard InChI is InChI=1S/C16H24N4O3/c1-12(18-16(17)23)15(22)20-9-7-19(8-10-20)11-14(21)13-5-3-2-4-6-13/h2-6,12,14,21H,7-11H2,1H3,(H3,17,18,23)/t12-,14-/m0/s1. The number of hydrogen-bond donors (Lipinski definition) is 3. The minimum absolute atomic E-state index is 0.132. The van der Waals surface area contributed by atoms with Crippen LogP contribution >= 0.6 is 0 Å². The summed E-state index contributed by atoms with van der Waals surface area (Å²) >= 11 is 0. The van der Waals surface area contributed by atoms with Crippen LogP contribution in [-0.2, 0) is 4.79 Å². The highest BCUT2D eigenvalue weighted by Gasteiger charge is 2.26. The summed E-state index contributed by atoms with van der Waals surface area (Å²) in [5.41, 5.74) is 5.93. The molecule has 7 heteroatoms. The largest absolute Gasteiger partial charge is 0.387 e. The van der Waals surface area contributed by atoms with Crippen molar-refractivity contribution in [2.75, 3.05) is 32.7 Å². The van der Waals surface area contributed by atoms with Crippen molar-refractivity contribution in [3.05, 3.63) is 35.9 Å². The number of hydrogen-bond acceptors (Lipinski definition) is 4. The summed E-state index contributed by atoms with van der Waals surface area (Å²) in [7, 11) is 0. The molecule has 0 spiro atoms. The van der Waals surface area contributed by atoms with Crippen LogP contribution < -0.4 is 11.1 Å². The summed E-state index contributed by atoms with van der Waals surface area (Å²) in [5.74, 6) is -0.132. The monoisotopic (exact) mass is 320 g/mol. The van der Waals surface area contributed by atoms with Crippen molar-refractivity contribution < 1.29 is 14.7 Å². The topological polar surface area (TPSA) is 98.9 Å². The number of aliphatic hydroxyl groups excluding tert-OH is 1. The molecule has 1 fully saturated rings. The number of nitrogens with zero attached hydrogens (tertiary/aromatic N) is 2. The molecule has 1 saturated heterocycles. The lowest BCUT2D eigenvalue weighted by Gasteiger charge is -2.36. The van der Waals surface area contributed by atoms with Gasteiger partial charge < -0.3 is 21.1 Å². The molecule has 1 aliphatic heterocycles. The third-order valence-electron chi connectivity index (χ3n) is 4.03. The molecule has 126 valence electrons. The zero-order chi connectivity index (χ0) is 16.8. The van der Waals surface area contributed by atoms with E-state index in [2.05, 4.69) is 10.2 Å². The molecule has 2 atom stereocenters. The Morgan fingerprint density at radius 3 is 2.39 bits per heavy atom. The van der Waals surface area contributed by atoms with E-state index in [9.17, 15) is 14.7 Å². The normalized spacial score (nSPS) is 18.3. The van der Waals surface area contributed by atoms with E-state index in [1.807, 2.05) is 30.3 Å². The predicted octanol–water partition coefficient (Wildman–Crippen LogP) is -0.0790. The maximum Gasteiger partial charge on any atom is 0.312 e. The van der Waals surface area contributed by atoms with Gasteiger partial charge in [-0.05, 0) is 12.5 Å². The number of benzene rings is 1. The van der Waals surface area contributed by atoms with Crippen LogP contribution in [0.2, 0.25) is 0 Å². The first-order chi connectivity index (χ1) is 11.0. The number of β-amino-alcohol motifs (C(OH)–C–C–N with tert-alkyl or cyclic N) is 1. The van der Waals surface area contributed by atoms with Gasteiger partial charge in [-0.15, -0.1) is 0 Å². The lowest BCUT2D eigenvalue weighted by atomic mass is 10.1. The average Bonchev–Trinajstić information content (AvgIpc) is 2.55. The molecule has 4 N–H and O–H groups in total. The number of rotatable bonds is 5. The molecule has 1 heterocycles. The first-order valence-electron chi connectivity index (χ1n) is 7.77. The van der Waals surface area contributed by atoms with Crippen molar-refractivity contribution >= 4 is 11.9 Å². The van der Waals surface area contributed by atoms with Crippen molar-refractivity contribution in [3.8, 4) is 0 Å². The molecule has 3 amide bonds. The second-order valence-electron chi connectivity index (χ2n) is 5.78. The summed E-state index contributed by atoms with van der Waals surface area (Å²) in [6.45, 7) is 4.70. The summed E-state index contributed by atoms with van der Waals surface area (Å²) in [6.07, 6.45) is -0.533. The first-order valence-corrected chi connectivity index (χ1v) is 7.77. The van der Waals surface area contributed by atoms with Gasteiger partial charge in [-0.2, -0.15) is 0 Å². The number of amides is 3. The average molecular weight is 320 g/mol. The molecule has 7 nitrogen and oxygen atoms in total. The number of primary amides is 1. The van der Waals surface area contributed by atoms with E-state index in [0.717, 1.165) is 5.56 Å². The Morgan fingerprint density at radius 2 is 1.83 bits per heavy atom. The number of nitrogens with one attached hydrogen (secondary N) is 1. The van der Waals surface area contributed by atoms with Crippen LogP contribution in [0.4, 0.5) is 4.79 Å². The fourth-order valence-electron chi connectivity index (χ4n) is 2.72. The second kappa shape index (κ2) is 7.94. The molecular weight excluding hydrogens is 296 g/mol. The van der Waals surface area contributed by atoms with E-state index in [4.69, 9.17) is 5.73 Å². The van der Waals surface area contributed by atoms with Crippen LogP contribution in [0.5, 0.6) is 0 Å². The fraction of sp³-hybridized carbons (Fsp3) is 0.500. The summed E-state index contributed by atoms with van der Waals surface area (Å²) in [6, 6.07) is 8.22. The van der Waals surface area contributed by atoms with E-state index >= 15 is 0 Å². The summed E-state index contributed by atoms with van der Waals surface area (Å²) in [5, 5.41) is 12.7. The third kappa shape index (κ3) is 4.94. The Kier molecular flexibility index (Phi) is 5.95. The Morgan fingerprint density at radius 1 is 1.22 bits per heavy atom. The minimum Gasteiger partial charge on any atom is -0.387 e. The molecule has 0 aromatic heterocycles. The lowest BCUT2D eigenvalue weighted by Crippen LogP contribution is -2.55. The summed E-state index contributed by atoms with van der Waals surface area (Å²) in [4.78, 5) is 26.8. The van der Waals surface area contributed by atoms with Gasteiger partial charge in [-0.25, -0.2) is 4.79 Å². The lowest BCUT2D eigenvalue weighted by molar-refractivity contribution is -0.134. The Labute approximate surface area is 136 Å². The second-order valence-corrected chi connectivity index (χ2v) is 5.78. The van der Waals surface area contributed by atoms with E-state index in [1.165, 1.54) is 0 Å². The predicted molar refractivity (Wildman–Crippen MR) is 86.6 cm³/mol. The van der Waals surface area contributed by atoms with Gasteiger partial charge in [0.25, 0.3) is 0 Å². The number of nitrogens with two attached hydrogens (primary N) is 1. The van der Waals surface area contributed by atoms with Crippen LogP contribution in [0.15, 0.2) is 30.3 Å².